The third-order valence-electron chi connectivity index (χ3n) is 6.50. The van der Waals surface area contributed by atoms with Gasteiger partial charge in [0.25, 0.3) is 5.91 Å². The van der Waals surface area contributed by atoms with E-state index in [1.165, 1.54) is 23.5 Å². The number of nitrogen functional groups attached to an aromatic ring is 1. The van der Waals surface area contributed by atoms with Crippen LogP contribution in [-0.2, 0) is 14.3 Å². The van der Waals surface area contributed by atoms with Crippen molar-refractivity contribution in [1.82, 2.24) is 15.5 Å². The topological polar surface area (TPSA) is 173 Å². The summed E-state index contributed by atoms with van der Waals surface area (Å²) in [5.74, 6) is -0.798. The number of para-hydroxylation sites is 1. The summed E-state index contributed by atoms with van der Waals surface area (Å²) in [5.41, 5.74) is 12.1. The predicted molar refractivity (Wildman–Crippen MR) is 152 cm³/mol. The standard InChI is InChI=1S/C28H30F2N6O5S/c29-28(30)41-20-11-22(27(39)35-21(12-31)23-10-17(15-42-23)25(32)33)36(14-20)24(37)13-34-26(38)16-6-8-19(9-7-16)40-18-4-2-1-3-5-18/h1-10,15,20-22,28H,11-14,31H2,(H3,32,33)(H,34,38)(H,35,39)/t20-,21?,22+/m1/s1. The van der Waals surface area contributed by atoms with Crippen LogP contribution in [0.4, 0.5) is 8.78 Å². The molecule has 1 fully saturated rings. The van der Waals surface area contributed by atoms with Crippen LogP contribution in [0, 0.1) is 5.41 Å². The van der Waals surface area contributed by atoms with Gasteiger partial charge in [-0.15, -0.1) is 11.3 Å². The van der Waals surface area contributed by atoms with Gasteiger partial charge < -0.3 is 36.5 Å². The number of rotatable bonds is 12. The van der Waals surface area contributed by atoms with Crippen molar-refractivity contribution < 1.29 is 32.6 Å². The number of benzene rings is 2. The lowest BCUT2D eigenvalue weighted by Crippen LogP contribution is -2.50. The SMILES string of the molecule is N=C(N)c1csc(C(CN)NC(=O)[C@@H]2C[C@@H](OC(F)F)CN2C(=O)CNC(=O)c2ccc(Oc3ccccc3)cc2)c1. The molecule has 3 atom stereocenters. The average molecular weight is 601 g/mol. The normalized spacial score (nSPS) is 17.1. The highest BCUT2D eigenvalue weighted by molar-refractivity contribution is 7.10. The number of amidine groups is 1. The van der Waals surface area contributed by atoms with E-state index in [9.17, 15) is 23.2 Å². The maximum absolute atomic E-state index is 13.2. The molecule has 2 heterocycles. The first-order valence-electron chi connectivity index (χ1n) is 12.9. The van der Waals surface area contributed by atoms with Crippen molar-refractivity contribution in [2.75, 3.05) is 19.6 Å². The molecule has 222 valence electrons. The fourth-order valence-electron chi connectivity index (χ4n) is 4.42. The highest BCUT2D eigenvalue weighted by Gasteiger charge is 2.41. The molecule has 0 bridgehead atoms. The Labute approximate surface area is 244 Å². The molecule has 3 aromatic rings. The van der Waals surface area contributed by atoms with E-state index in [1.807, 2.05) is 18.2 Å². The number of nitrogens with zero attached hydrogens (tertiary/aromatic N) is 1. The molecule has 1 aliphatic heterocycles. The second-order valence-electron chi connectivity index (χ2n) is 9.39. The molecule has 1 aromatic heterocycles. The number of alkyl halides is 2. The fraction of sp³-hybridized carbons (Fsp3) is 0.286. The molecule has 0 saturated carbocycles. The summed E-state index contributed by atoms with van der Waals surface area (Å²) in [7, 11) is 0. The molecule has 0 radical (unpaired) electrons. The van der Waals surface area contributed by atoms with Crippen molar-refractivity contribution in [2.24, 2.45) is 11.5 Å². The Kier molecular flexibility index (Phi) is 10.2. The van der Waals surface area contributed by atoms with Crippen molar-refractivity contribution in [3.05, 3.63) is 82.0 Å². The summed E-state index contributed by atoms with van der Waals surface area (Å²) in [6.45, 7) is -3.81. The third-order valence-corrected chi connectivity index (χ3v) is 7.55. The maximum Gasteiger partial charge on any atom is 0.345 e. The van der Waals surface area contributed by atoms with E-state index in [1.54, 1.807) is 35.7 Å². The lowest BCUT2D eigenvalue weighted by atomic mass is 10.1. The lowest BCUT2D eigenvalue weighted by molar-refractivity contribution is -0.160. The van der Waals surface area contributed by atoms with E-state index in [2.05, 4.69) is 15.4 Å². The van der Waals surface area contributed by atoms with E-state index in [0.717, 1.165) is 4.90 Å². The van der Waals surface area contributed by atoms with Crippen molar-refractivity contribution in [3.63, 3.8) is 0 Å². The summed E-state index contributed by atoms with van der Waals surface area (Å²) in [5, 5.41) is 14.5. The molecule has 1 saturated heterocycles. The van der Waals surface area contributed by atoms with E-state index in [4.69, 9.17) is 21.6 Å². The molecule has 3 amide bonds. The van der Waals surface area contributed by atoms with Gasteiger partial charge in [-0.3, -0.25) is 19.8 Å². The number of thiophene rings is 1. The van der Waals surface area contributed by atoms with Crippen molar-refractivity contribution in [3.8, 4) is 11.5 Å². The lowest BCUT2D eigenvalue weighted by Gasteiger charge is -2.26. The van der Waals surface area contributed by atoms with Crippen molar-refractivity contribution in [1.29, 1.82) is 5.41 Å². The Hall–Kier alpha value is -4.40. The smallest absolute Gasteiger partial charge is 0.345 e. The van der Waals surface area contributed by atoms with Gasteiger partial charge in [-0.1, -0.05) is 18.2 Å². The quantitative estimate of drug-likeness (QED) is 0.157. The Morgan fingerprint density at radius 3 is 2.38 bits per heavy atom. The number of carbonyl (C=O) groups excluding carboxylic acids is 3. The number of amides is 3. The highest BCUT2D eigenvalue weighted by atomic mass is 32.1. The van der Waals surface area contributed by atoms with Gasteiger partial charge in [0.05, 0.1) is 18.7 Å². The zero-order valence-electron chi connectivity index (χ0n) is 22.3. The van der Waals surface area contributed by atoms with Crippen LogP contribution in [0.3, 0.4) is 0 Å². The van der Waals surface area contributed by atoms with Gasteiger partial charge in [-0.2, -0.15) is 8.78 Å². The number of hydrogen-bond donors (Lipinski definition) is 5. The van der Waals surface area contributed by atoms with E-state index < -0.39 is 49.1 Å². The van der Waals surface area contributed by atoms with Gasteiger partial charge in [0.15, 0.2) is 0 Å². The van der Waals surface area contributed by atoms with Gasteiger partial charge in [0.2, 0.25) is 11.8 Å². The Morgan fingerprint density at radius 2 is 1.76 bits per heavy atom. The summed E-state index contributed by atoms with van der Waals surface area (Å²) >= 11 is 1.25. The Morgan fingerprint density at radius 1 is 1.07 bits per heavy atom. The molecule has 14 heteroatoms. The molecule has 0 aliphatic carbocycles. The van der Waals surface area contributed by atoms with Crippen molar-refractivity contribution >= 4 is 34.9 Å². The summed E-state index contributed by atoms with van der Waals surface area (Å²) in [6, 6.07) is 15.2. The fourth-order valence-corrected chi connectivity index (χ4v) is 5.39. The van der Waals surface area contributed by atoms with Crippen LogP contribution < -0.4 is 26.8 Å². The molecule has 1 unspecified atom stereocenters. The van der Waals surface area contributed by atoms with E-state index in [-0.39, 0.29) is 30.9 Å². The third kappa shape index (κ3) is 7.87. The minimum absolute atomic E-state index is 0.00641. The van der Waals surface area contributed by atoms with Crippen LogP contribution in [0.25, 0.3) is 0 Å². The molecule has 7 N–H and O–H groups in total. The zero-order valence-corrected chi connectivity index (χ0v) is 23.1. The first kappa shape index (κ1) is 30.6. The molecule has 42 heavy (non-hydrogen) atoms. The number of hydrogen-bond acceptors (Lipinski definition) is 8. The van der Waals surface area contributed by atoms with Crippen LogP contribution in [0.1, 0.15) is 33.3 Å². The minimum atomic E-state index is -3.09. The largest absolute Gasteiger partial charge is 0.457 e. The molecule has 0 spiro atoms. The minimum Gasteiger partial charge on any atom is -0.457 e. The number of nitrogens with two attached hydrogens (primary N) is 2. The molecule has 4 rings (SSSR count). The Balaban J connectivity index is 1.38. The van der Waals surface area contributed by atoms with Crippen LogP contribution in [0.5, 0.6) is 11.5 Å². The number of carbonyl (C=O) groups is 3. The summed E-state index contributed by atoms with van der Waals surface area (Å²) in [4.78, 5) is 40.8. The number of ether oxygens (including phenoxy) is 2. The maximum atomic E-state index is 13.2. The van der Waals surface area contributed by atoms with E-state index >= 15 is 0 Å². The first-order valence-corrected chi connectivity index (χ1v) is 13.8. The molecular weight excluding hydrogens is 570 g/mol. The predicted octanol–water partition coefficient (Wildman–Crippen LogP) is 2.58. The summed E-state index contributed by atoms with van der Waals surface area (Å²) < 4.78 is 36.2. The monoisotopic (exact) mass is 600 g/mol. The highest BCUT2D eigenvalue weighted by Crippen LogP contribution is 2.26. The van der Waals surface area contributed by atoms with Crippen LogP contribution in [-0.4, -0.2) is 66.8 Å². The molecular formula is C28H30F2N6O5S. The van der Waals surface area contributed by atoms with Gasteiger partial charge in [0.1, 0.15) is 23.4 Å². The van der Waals surface area contributed by atoms with Crippen LogP contribution >= 0.6 is 11.3 Å². The molecule has 1 aliphatic rings. The molecule has 2 aromatic carbocycles. The second kappa shape index (κ2) is 14.0. The van der Waals surface area contributed by atoms with Gasteiger partial charge in [0, 0.05) is 40.9 Å². The number of nitrogens with one attached hydrogen (secondary N) is 3. The van der Waals surface area contributed by atoms with Gasteiger partial charge in [-0.05, 0) is 42.5 Å². The first-order chi connectivity index (χ1) is 20.1. The van der Waals surface area contributed by atoms with Crippen molar-refractivity contribution in [2.45, 2.75) is 31.2 Å². The number of halogens is 2. The average Bonchev–Trinajstić information content (AvgIpc) is 3.63. The molecule has 11 nitrogen and oxygen atoms in total. The van der Waals surface area contributed by atoms with Crippen LogP contribution in [0.15, 0.2) is 66.0 Å². The number of likely N-dealkylation sites (tertiary alicyclic amines) is 1. The van der Waals surface area contributed by atoms with Crippen LogP contribution in [0.2, 0.25) is 0 Å². The van der Waals surface area contributed by atoms with E-state index in [0.29, 0.717) is 21.9 Å². The Bertz CT molecular complexity index is 1410. The van der Waals surface area contributed by atoms with Gasteiger partial charge in [-0.25, -0.2) is 0 Å². The zero-order chi connectivity index (χ0) is 30.2. The van der Waals surface area contributed by atoms with Gasteiger partial charge >= 0.3 is 6.61 Å². The summed E-state index contributed by atoms with van der Waals surface area (Å²) in [6.07, 6.45) is -1.25. The second-order valence-corrected chi connectivity index (χ2v) is 10.3.